The van der Waals surface area contributed by atoms with Crippen molar-refractivity contribution < 1.29 is 23.8 Å². The number of halogens is 1. The summed E-state index contributed by atoms with van der Waals surface area (Å²) in [6, 6.07) is 14.1. The van der Waals surface area contributed by atoms with Crippen molar-refractivity contribution in [3.8, 4) is 17.6 Å². The van der Waals surface area contributed by atoms with E-state index < -0.39 is 11.8 Å². The second-order valence-electron chi connectivity index (χ2n) is 11.1. The van der Waals surface area contributed by atoms with Crippen LogP contribution in [-0.2, 0) is 11.2 Å². The lowest BCUT2D eigenvalue weighted by Crippen LogP contribution is -2.16. The highest BCUT2D eigenvalue weighted by molar-refractivity contribution is 7.22. The monoisotopic (exact) mass is 689 g/mol. The van der Waals surface area contributed by atoms with E-state index in [0.717, 1.165) is 20.9 Å². The molecular weight excluding hydrogens is 654 g/mol. The number of fused-ring (bicyclic) bond motifs is 1. The quantitative estimate of drug-likeness (QED) is 0.0817. The van der Waals surface area contributed by atoms with Crippen LogP contribution < -0.4 is 15.4 Å². The molecule has 0 fully saturated rings. The molecule has 3 heterocycles. The molecule has 0 spiro atoms. The van der Waals surface area contributed by atoms with Gasteiger partial charge in [-0.15, -0.1) is 16.4 Å². The van der Waals surface area contributed by atoms with Gasteiger partial charge < -0.3 is 25.2 Å². The van der Waals surface area contributed by atoms with E-state index in [1.165, 1.54) is 28.7 Å². The van der Waals surface area contributed by atoms with Crippen molar-refractivity contribution in [1.29, 1.82) is 0 Å². The number of carboxylic acid groups (broad SMARTS) is 1. The van der Waals surface area contributed by atoms with Crippen LogP contribution in [0.3, 0.4) is 0 Å². The second kappa shape index (κ2) is 16.4. The van der Waals surface area contributed by atoms with E-state index in [2.05, 4.69) is 42.6 Å². The number of carbonyl (C=O) groups is 1. The van der Waals surface area contributed by atoms with Gasteiger partial charge in [0.05, 0.1) is 35.1 Å². The highest BCUT2D eigenvalue weighted by Gasteiger charge is 2.22. The summed E-state index contributed by atoms with van der Waals surface area (Å²) in [7, 11) is 5.44. The Balaban J connectivity index is 1.22. The van der Waals surface area contributed by atoms with Gasteiger partial charge in [-0.3, -0.25) is 4.90 Å². The van der Waals surface area contributed by atoms with Crippen LogP contribution in [0.4, 0.5) is 20.5 Å². The molecule has 0 radical (unpaired) electrons. The van der Waals surface area contributed by atoms with Crippen molar-refractivity contribution in [3.63, 3.8) is 0 Å². The maximum absolute atomic E-state index is 14.6. The molecule has 1 atom stereocenters. The molecule has 3 N–H and O–H groups in total. The predicted octanol–water partition coefficient (Wildman–Crippen LogP) is 6.55. The number of methoxy groups -OCH3 is 1. The molecule has 0 saturated carbocycles. The lowest BCUT2D eigenvalue weighted by Gasteiger charge is -2.18. The molecule has 2 aromatic carbocycles. The summed E-state index contributed by atoms with van der Waals surface area (Å²) in [6.45, 7) is 3.15. The molecule has 250 valence electrons. The molecular formula is C34H36FN7O4S2. The van der Waals surface area contributed by atoms with Crippen LogP contribution in [0.5, 0.6) is 5.75 Å². The van der Waals surface area contributed by atoms with Crippen molar-refractivity contribution in [2.45, 2.75) is 32.2 Å². The first-order valence-corrected chi connectivity index (χ1v) is 16.8. The van der Waals surface area contributed by atoms with E-state index in [0.29, 0.717) is 59.5 Å². The van der Waals surface area contributed by atoms with Gasteiger partial charge in [-0.1, -0.05) is 35.3 Å². The van der Waals surface area contributed by atoms with Crippen molar-refractivity contribution in [1.82, 2.24) is 25.1 Å². The average Bonchev–Trinajstić information content (AvgIpc) is 3.66. The Labute approximate surface area is 286 Å². The SMILES string of the molecule is COCCC(Nc1nc(C(=O)O)c(CCCOc2ccc(C#CCN(C)C)cc2F)s1)c1cc(C)c(Nc2nc3ccccc3s2)nn1. The van der Waals surface area contributed by atoms with Crippen LogP contribution in [0.1, 0.15) is 51.1 Å². The number of rotatable bonds is 15. The predicted molar refractivity (Wildman–Crippen MR) is 187 cm³/mol. The zero-order valence-electron chi connectivity index (χ0n) is 27.0. The van der Waals surface area contributed by atoms with Crippen LogP contribution in [0.2, 0.25) is 0 Å². The fourth-order valence-electron chi connectivity index (χ4n) is 4.67. The van der Waals surface area contributed by atoms with Gasteiger partial charge in [-0.25, -0.2) is 19.2 Å². The molecule has 1 unspecified atom stereocenters. The number of nitrogens with one attached hydrogen (secondary N) is 2. The summed E-state index contributed by atoms with van der Waals surface area (Å²) >= 11 is 2.79. The van der Waals surface area contributed by atoms with Gasteiger partial charge >= 0.3 is 5.97 Å². The van der Waals surface area contributed by atoms with Crippen molar-refractivity contribution >= 4 is 54.9 Å². The van der Waals surface area contributed by atoms with Gasteiger partial charge in [0.1, 0.15) is 0 Å². The molecule has 0 saturated heterocycles. The van der Waals surface area contributed by atoms with E-state index in [1.807, 2.05) is 56.3 Å². The molecule has 11 nitrogen and oxygen atoms in total. The zero-order valence-corrected chi connectivity index (χ0v) is 28.7. The largest absolute Gasteiger partial charge is 0.491 e. The molecule has 5 aromatic rings. The highest BCUT2D eigenvalue weighted by atomic mass is 32.1. The third-order valence-electron chi connectivity index (χ3n) is 7.05. The molecule has 5 rings (SSSR count). The first-order valence-electron chi connectivity index (χ1n) is 15.2. The fourth-order valence-corrected chi connectivity index (χ4v) is 6.58. The number of ether oxygens (including phenoxy) is 2. The number of hydrogen-bond donors (Lipinski definition) is 3. The average molecular weight is 690 g/mol. The summed E-state index contributed by atoms with van der Waals surface area (Å²) < 4.78 is 26.6. The van der Waals surface area contributed by atoms with Crippen LogP contribution in [0.15, 0.2) is 48.5 Å². The van der Waals surface area contributed by atoms with Gasteiger partial charge in [0.25, 0.3) is 0 Å². The highest BCUT2D eigenvalue weighted by Crippen LogP contribution is 2.32. The third-order valence-corrected chi connectivity index (χ3v) is 9.05. The number of para-hydroxylation sites is 1. The summed E-state index contributed by atoms with van der Waals surface area (Å²) in [6.07, 6.45) is 1.41. The van der Waals surface area contributed by atoms with Crippen LogP contribution in [0.25, 0.3) is 10.2 Å². The Morgan fingerprint density at radius 2 is 1.92 bits per heavy atom. The summed E-state index contributed by atoms with van der Waals surface area (Å²) in [5, 5.41) is 26.6. The Bertz CT molecular complexity index is 1900. The Morgan fingerprint density at radius 3 is 2.65 bits per heavy atom. The van der Waals surface area contributed by atoms with Crippen LogP contribution in [0, 0.1) is 24.6 Å². The van der Waals surface area contributed by atoms with Crippen LogP contribution >= 0.6 is 22.7 Å². The molecule has 48 heavy (non-hydrogen) atoms. The molecule has 3 aromatic heterocycles. The van der Waals surface area contributed by atoms with E-state index in [9.17, 15) is 14.3 Å². The lowest BCUT2D eigenvalue weighted by molar-refractivity contribution is 0.0690. The normalized spacial score (nSPS) is 11.7. The number of thiazole rings is 2. The van der Waals surface area contributed by atoms with E-state index in [1.54, 1.807) is 19.2 Å². The fraction of sp³-hybridized carbons (Fsp3) is 0.324. The van der Waals surface area contributed by atoms with Gasteiger partial charge in [-0.2, -0.15) is 5.10 Å². The molecule has 0 bridgehead atoms. The smallest absolute Gasteiger partial charge is 0.355 e. The number of aryl methyl sites for hydroxylation is 2. The number of nitrogens with zero attached hydrogens (tertiary/aromatic N) is 5. The van der Waals surface area contributed by atoms with E-state index in [4.69, 9.17) is 9.47 Å². The van der Waals surface area contributed by atoms with Gasteiger partial charge in [0.15, 0.2) is 33.3 Å². The Morgan fingerprint density at radius 1 is 1.08 bits per heavy atom. The maximum Gasteiger partial charge on any atom is 0.355 e. The number of aromatic nitrogens is 4. The summed E-state index contributed by atoms with van der Waals surface area (Å²) in [5.41, 5.74) is 2.99. The molecule has 14 heteroatoms. The van der Waals surface area contributed by atoms with Crippen LogP contribution in [-0.4, -0.2) is 77.1 Å². The number of anilines is 3. The molecule has 0 aliphatic carbocycles. The van der Waals surface area contributed by atoms with Gasteiger partial charge in [0, 0.05) is 24.2 Å². The Hall–Kier alpha value is -4.68. The van der Waals surface area contributed by atoms with E-state index >= 15 is 0 Å². The molecule has 0 aliphatic rings. The topological polar surface area (TPSA) is 135 Å². The van der Waals surface area contributed by atoms with E-state index in [-0.39, 0.29) is 24.1 Å². The van der Waals surface area contributed by atoms with Gasteiger partial charge in [-0.05, 0) is 82.2 Å². The van der Waals surface area contributed by atoms with Crippen molar-refractivity contribution in [2.75, 3.05) is 51.6 Å². The number of benzene rings is 2. The minimum atomic E-state index is -1.12. The first kappa shape index (κ1) is 34.6. The number of carboxylic acids is 1. The maximum atomic E-state index is 14.6. The number of aromatic carboxylic acids is 1. The van der Waals surface area contributed by atoms with Crippen molar-refractivity contribution in [3.05, 3.63) is 81.7 Å². The third kappa shape index (κ3) is 9.23. The van der Waals surface area contributed by atoms with Crippen molar-refractivity contribution in [2.24, 2.45) is 0 Å². The standard InChI is InChI=1S/C34H36FN7O4S2/c1-21-19-26(40-41-31(21)39-34-37-25-10-5-6-11-28(25)47-34)24(15-18-45-4)36-33-38-30(32(43)44)29(48-33)12-8-17-46-27-14-13-22(20-23(27)35)9-7-16-42(2)3/h5-6,10-11,13-14,19-20,24H,8,12,15-18H2,1-4H3,(H,36,38)(H,43,44)(H,37,39,41). The Kier molecular flexibility index (Phi) is 11.9. The molecule has 0 aliphatic heterocycles. The lowest BCUT2D eigenvalue weighted by atomic mass is 10.1. The minimum absolute atomic E-state index is 0.0301. The summed E-state index contributed by atoms with van der Waals surface area (Å²) in [5.74, 6) is 5.01. The van der Waals surface area contributed by atoms with Gasteiger partial charge in [0.2, 0.25) is 0 Å². The number of hydrogen-bond acceptors (Lipinski definition) is 12. The second-order valence-corrected chi connectivity index (χ2v) is 13.2. The summed E-state index contributed by atoms with van der Waals surface area (Å²) in [4.78, 5) is 23.6. The zero-order chi connectivity index (χ0) is 34.0. The minimum Gasteiger partial charge on any atom is -0.491 e. The molecule has 0 amide bonds. The first-order chi connectivity index (χ1) is 23.2.